The largest absolute Gasteiger partial charge is 0.352 e. The molecule has 1 N–H and O–H groups in total. The van der Waals surface area contributed by atoms with E-state index in [-0.39, 0.29) is 29.8 Å². The molecule has 0 aliphatic rings. The van der Waals surface area contributed by atoms with Crippen LogP contribution in [-0.4, -0.2) is 43.8 Å². The number of carbonyl (C=O) groups excluding carboxylic acids is 2. The topological polar surface area (TPSA) is 86.8 Å². The molecule has 7 nitrogen and oxygen atoms in total. The summed E-state index contributed by atoms with van der Waals surface area (Å²) >= 11 is 6.31. The summed E-state index contributed by atoms with van der Waals surface area (Å²) in [5.74, 6) is -0.833. The van der Waals surface area contributed by atoms with E-state index in [0.29, 0.717) is 28.3 Å². The van der Waals surface area contributed by atoms with E-state index in [2.05, 4.69) is 5.32 Å². The van der Waals surface area contributed by atoms with Crippen molar-refractivity contribution in [1.82, 2.24) is 10.2 Å². The first kappa shape index (κ1) is 32.8. The second-order valence-corrected chi connectivity index (χ2v) is 13.1. The number of rotatable bonds is 13. The maximum absolute atomic E-state index is 14.5. The molecule has 9 heteroatoms. The second-order valence-electron chi connectivity index (χ2n) is 10.8. The van der Waals surface area contributed by atoms with Gasteiger partial charge in [-0.3, -0.25) is 13.9 Å². The number of anilines is 1. The molecule has 0 radical (unpaired) electrons. The predicted octanol–water partition coefficient (Wildman–Crippen LogP) is 6.40. The van der Waals surface area contributed by atoms with E-state index in [4.69, 9.17) is 11.6 Å². The number of hydrogen-bond acceptors (Lipinski definition) is 4. The van der Waals surface area contributed by atoms with Crippen LogP contribution in [0.4, 0.5) is 5.69 Å². The van der Waals surface area contributed by atoms with Crippen molar-refractivity contribution in [3.05, 3.63) is 131 Å². The minimum atomic E-state index is -4.15. The van der Waals surface area contributed by atoms with Gasteiger partial charge in [0.15, 0.2) is 0 Å². The smallest absolute Gasteiger partial charge is 0.264 e. The van der Waals surface area contributed by atoms with Crippen LogP contribution >= 0.6 is 11.6 Å². The van der Waals surface area contributed by atoms with Crippen LogP contribution in [0.5, 0.6) is 0 Å². The molecule has 44 heavy (non-hydrogen) atoms. The average molecular weight is 632 g/mol. The molecule has 0 heterocycles. The van der Waals surface area contributed by atoms with Crippen molar-refractivity contribution < 1.29 is 18.0 Å². The molecule has 230 valence electrons. The third-order valence-corrected chi connectivity index (χ3v) is 9.52. The van der Waals surface area contributed by atoms with Crippen LogP contribution in [0.15, 0.2) is 114 Å². The molecule has 0 aliphatic heterocycles. The second kappa shape index (κ2) is 15.0. The first-order chi connectivity index (χ1) is 21.1. The number of benzene rings is 4. The fourth-order valence-electron chi connectivity index (χ4n) is 4.90. The molecule has 2 atom stereocenters. The number of amides is 2. The highest BCUT2D eigenvalue weighted by Crippen LogP contribution is 2.28. The Morgan fingerprint density at radius 1 is 0.841 bits per heavy atom. The first-order valence-electron chi connectivity index (χ1n) is 14.6. The van der Waals surface area contributed by atoms with E-state index in [1.54, 1.807) is 61.5 Å². The van der Waals surface area contributed by atoms with Crippen molar-refractivity contribution in [2.24, 2.45) is 0 Å². The molecule has 0 fully saturated rings. The Hall–Kier alpha value is -4.14. The quantitative estimate of drug-likeness (QED) is 0.185. The van der Waals surface area contributed by atoms with Crippen LogP contribution in [0.2, 0.25) is 5.02 Å². The van der Waals surface area contributed by atoms with Gasteiger partial charge in [-0.05, 0) is 67.3 Å². The summed E-state index contributed by atoms with van der Waals surface area (Å²) in [6.45, 7) is 5.23. The summed E-state index contributed by atoms with van der Waals surface area (Å²) < 4.78 is 29.3. The average Bonchev–Trinajstić information content (AvgIpc) is 3.02. The molecule has 4 rings (SSSR count). The molecular weight excluding hydrogens is 594 g/mol. The lowest BCUT2D eigenvalue weighted by molar-refractivity contribution is -0.140. The minimum absolute atomic E-state index is 0.0534. The third-order valence-electron chi connectivity index (χ3n) is 7.51. The van der Waals surface area contributed by atoms with Crippen LogP contribution in [-0.2, 0) is 32.6 Å². The molecule has 4 aromatic carbocycles. The molecular formula is C35H38ClN3O4S. The molecule has 0 aliphatic carbocycles. The van der Waals surface area contributed by atoms with Gasteiger partial charge in [0.05, 0.1) is 10.6 Å². The van der Waals surface area contributed by atoms with E-state index in [1.807, 2.05) is 56.3 Å². The summed E-state index contributed by atoms with van der Waals surface area (Å²) in [5, 5.41) is 3.53. The zero-order valence-electron chi connectivity index (χ0n) is 25.2. The Balaban J connectivity index is 1.81. The zero-order chi connectivity index (χ0) is 31.7. The third kappa shape index (κ3) is 8.27. The maximum Gasteiger partial charge on any atom is 0.264 e. The lowest BCUT2D eigenvalue weighted by Gasteiger charge is -2.34. The van der Waals surface area contributed by atoms with Crippen molar-refractivity contribution in [2.45, 2.75) is 57.1 Å². The molecule has 2 amide bonds. The highest BCUT2D eigenvalue weighted by molar-refractivity contribution is 7.92. The van der Waals surface area contributed by atoms with Crippen LogP contribution in [0.3, 0.4) is 0 Å². The lowest BCUT2D eigenvalue weighted by atomic mass is 10.0. The number of halogens is 1. The van der Waals surface area contributed by atoms with Gasteiger partial charge < -0.3 is 10.2 Å². The van der Waals surface area contributed by atoms with E-state index in [0.717, 1.165) is 9.87 Å². The number of sulfonamides is 1. The van der Waals surface area contributed by atoms with Gasteiger partial charge in [0.1, 0.15) is 12.6 Å². The number of carbonyl (C=O) groups is 2. The number of nitrogens with one attached hydrogen (secondary N) is 1. The first-order valence-corrected chi connectivity index (χ1v) is 16.4. The van der Waals surface area contributed by atoms with Crippen LogP contribution in [0.25, 0.3) is 0 Å². The summed E-state index contributed by atoms with van der Waals surface area (Å²) in [6, 6.07) is 30.6. The molecule has 0 aromatic heterocycles. The summed E-state index contributed by atoms with van der Waals surface area (Å²) in [4.78, 5) is 29.9. The van der Waals surface area contributed by atoms with Crippen molar-refractivity contribution in [2.75, 3.05) is 10.8 Å². The Bertz CT molecular complexity index is 1670. The summed E-state index contributed by atoms with van der Waals surface area (Å²) in [6.07, 6.45) is 0.952. The van der Waals surface area contributed by atoms with Gasteiger partial charge in [0.25, 0.3) is 10.0 Å². The van der Waals surface area contributed by atoms with Gasteiger partial charge in [-0.25, -0.2) is 8.42 Å². The van der Waals surface area contributed by atoms with Crippen molar-refractivity contribution in [1.29, 1.82) is 0 Å². The molecule has 0 spiro atoms. The normalized spacial score (nSPS) is 12.6. The maximum atomic E-state index is 14.5. The molecule has 4 aromatic rings. The van der Waals surface area contributed by atoms with Gasteiger partial charge in [-0.2, -0.15) is 0 Å². The highest BCUT2D eigenvalue weighted by Gasteiger charge is 2.35. The van der Waals surface area contributed by atoms with Gasteiger partial charge in [-0.1, -0.05) is 97.4 Å². The zero-order valence-corrected chi connectivity index (χ0v) is 26.8. The monoisotopic (exact) mass is 631 g/mol. The summed E-state index contributed by atoms with van der Waals surface area (Å²) in [5.41, 5.74) is 2.66. The molecule has 0 saturated carbocycles. The number of nitrogens with zero attached hydrogens (tertiary/aromatic N) is 2. The fourth-order valence-corrected chi connectivity index (χ4v) is 6.62. The SMILES string of the molecule is CCC(C)NC(=O)C(Cc1ccccc1)N(Cc1cccc(Cl)c1)C(=O)CN(c1ccccc1C)S(=O)(=O)c1ccccc1. The molecule has 2 unspecified atom stereocenters. The minimum Gasteiger partial charge on any atom is -0.352 e. The summed E-state index contributed by atoms with van der Waals surface area (Å²) in [7, 11) is -4.15. The number of para-hydroxylation sites is 1. The van der Waals surface area contributed by atoms with Gasteiger partial charge in [0.2, 0.25) is 11.8 Å². The van der Waals surface area contributed by atoms with Crippen LogP contribution in [0.1, 0.15) is 37.0 Å². The van der Waals surface area contributed by atoms with E-state index < -0.39 is 28.5 Å². The number of hydrogen-bond donors (Lipinski definition) is 1. The molecule has 0 saturated heterocycles. The Morgan fingerprint density at radius 3 is 2.09 bits per heavy atom. The Morgan fingerprint density at radius 2 is 1.45 bits per heavy atom. The fraction of sp³-hybridized carbons (Fsp3) is 0.257. The predicted molar refractivity (Wildman–Crippen MR) is 176 cm³/mol. The van der Waals surface area contributed by atoms with E-state index >= 15 is 0 Å². The van der Waals surface area contributed by atoms with Crippen molar-refractivity contribution >= 4 is 39.1 Å². The van der Waals surface area contributed by atoms with Gasteiger partial charge in [-0.15, -0.1) is 0 Å². The van der Waals surface area contributed by atoms with Crippen LogP contribution in [0, 0.1) is 6.92 Å². The number of aryl methyl sites for hydroxylation is 1. The van der Waals surface area contributed by atoms with E-state index in [1.165, 1.54) is 17.0 Å². The van der Waals surface area contributed by atoms with Gasteiger partial charge >= 0.3 is 0 Å². The van der Waals surface area contributed by atoms with E-state index in [9.17, 15) is 18.0 Å². The van der Waals surface area contributed by atoms with Crippen molar-refractivity contribution in [3.8, 4) is 0 Å². The molecule has 0 bridgehead atoms. The van der Waals surface area contributed by atoms with Crippen molar-refractivity contribution in [3.63, 3.8) is 0 Å². The Labute approximate surface area is 265 Å². The Kier molecular flexibility index (Phi) is 11.2. The van der Waals surface area contributed by atoms with Gasteiger partial charge in [0, 0.05) is 24.0 Å². The highest BCUT2D eigenvalue weighted by atomic mass is 35.5. The lowest BCUT2D eigenvalue weighted by Crippen LogP contribution is -2.54. The standard InChI is InChI=1S/C35H38ClN3O4S/c1-4-27(3)37-35(41)33(23-28-15-7-5-8-16-28)38(24-29-17-13-18-30(36)22-29)34(40)25-39(32-21-12-11-14-26(32)2)44(42,43)31-19-9-6-10-20-31/h5-22,27,33H,4,23-25H2,1-3H3,(H,37,41). The van der Waals surface area contributed by atoms with Crippen LogP contribution < -0.4 is 9.62 Å².